The van der Waals surface area contributed by atoms with Crippen LogP contribution in [-0.4, -0.2) is 55.8 Å². The van der Waals surface area contributed by atoms with Gasteiger partial charge < -0.3 is 25.4 Å². The minimum atomic E-state index is -1.25. The van der Waals surface area contributed by atoms with Crippen LogP contribution in [0.15, 0.2) is 66.7 Å². The lowest BCUT2D eigenvalue weighted by atomic mass is 10.0. The Morgan fingerprint density at radius 2 is 1.70 bits per heavy atom. The van der Waals surface area contributed by atoms with Crippen molar-refractivity contribution in [3.8, 4) is 11.6 Å². The monoisotopic (exact) mass is 549 g/mol. The number of benzene rings is 3. The maximum absolute atomic E-state index is 13.6. The SMILES string of the molecule is CC(C)c1c(C(=O)NCc2ccc3ccccc3c2)nn(-c2ccc(F)cc2)c1OC[C@@H](O)C[C@@H](O)CC(=O)O. The predicted octanol–water partition coefficient (Wildman–Crippen LogP) is 4.18. The van der Waals surface area contributed by atoms with E-state index in [1.54, 1.807) is 0 Å². The molecule has 3 aromatic carbocycles. The number of nitrogens with one attached hydrogen (secondary N) is 1. The Morgan fingerprint density at radius 1 is 1.00 bits per heavy atom. The zero-order valence-corrected chi connectivity index (χ0v) is 22.3. The molecule has 2 atom stereocenters. The third-order valence-electron chi connectivity index (χ3n) is 6.38. The van der Waals surface area contributed by atoms with Crippen molar-refractivity contribution in [3.63, 3.8) is 0 Å². The van der Waals surface area contributed by atoms with Crippen LogP contribution in [0.1, 0.15) is 54.2 Å². The molecule has 1 heterocycles. The van der Waals surface area contributed by atoms with Gasteiger partial charge in [0.2, 0.25) is 5.88 Å². The zero-order chi connectivity index (χ0) is 28.8. The van der Waals surface area contributed by atoms with Crippen LogP contribution in [0, 0.1) is 5.82 Å². The molecule has 0 bridgehead atoms. The maximum Gasteiger partial charge on any atom is 0.305 e. The first-order valence-electron chi connectivity index (χ1n) is 13.0. The Kier molecular flexibility index (Phi) is 9.13. The van der Waals surface area contributed by atoms with E-state index in [0.29, 0.717) is 11.3 Å². The summed E-state index contributed by atoms with van der Waals surface area (Å²) in [5.74, 6) is -2.10. The third kappa shape index (κ3) is 7.02. The molecule has 1 amide bonds. The van der Waals surface area contributed by atoms with Crippen molar-refractivity contribution in [2.45, 2.75) is 51.4 Å². The summed E-state index contributed by atoms with van der Waals surface area (Å²) in [6, 6.07) is 19.4. The topological polar surface area (TPSA) is 134 Å². The van der Waals surface area contributed by atoms with Crippen LogP contribution >= 0.6 is 0 Å². The summed E-state index contributed by atoms with van der Waals surface area (Å²) >= 11 is 0. The molecule has 0 saturated heterocycles. The lowest BCUT2D eigenvalue weighted by Gasteiger charge is -2.17. The highest BCUT2D eigenvalue weighted by Crippen LogP contribution is 2.33. The normalized spacial score (nSPS) is 12.8. The number of aliphatic carboxylic acids is 1. The van der Waals surface area contributed by atoms with Crippen LogP contribution in [0.3, 0.4) is 0 Å². The van der Waals surface area contributed by atoms with E-state index in [-0.39, 0.29) is 37.1 Å². The van der Waals surface area contributed by atoms with Crippen molar-refractivity contribution in [2.24, 2.45) is 0 Å². The quantitative estimate of drug-likeness (QED) is 0.208. The number of ether oxygens (including phenoxy) is 1. The van der Waals surface area contributed by atoms with Crippen molar-refractivity contribution in [1.82, 2.24) is 15.1 Å². The first kappa shape index (κ1) is 28.7. The Hall–Kier alpha value is -4.28. The summed E-state index contributed by atoms with van der Waals surface area (Å²) in [4.78, 5) is 24.2. The second kappa shape index (κ2) is 12.7. The number of carbonyl (C=O) groups is 2. The van der Waals surface area contributed by atoms with Gasteiger partial charge in [-0.15, -0.1) is 0 Å². The molecular weight excluding hydrogens is 517 g/mol. The van der Waals surface area contributed by atoms with E-state index in [1.807, 2.05) is 56.3 Å². The highest BCUT2D eigenvalue weighted by molar-refractivity contribution is 5.94. The van der Waals surface area contributed by atoms with Gasteiger partial charge in [0.25, 0.3) is 5.91 Å². The highest BCUT2D eigenvalue weighted by atomic mass is 19.1. The fourth-order valence-electron chi connectivity index (χ4n) is 4.46. The molecule has 0 aliphatic carbocycles. The molecule has 0 aliphatic rings. The molecule has 210 valence electrons. The molecular formula is C30H32FN3O6. The lowest BCUT2D eigenvalue weighted by molar-refractivity contribution is -0.139. The molecule has 10 heteroatoms. The van der Waals surface area contributed by atoms with Crippen molar-refractivity contribution >= 4 is 22.6 Å². The Labute approximate surface area is 230 Å². The molecule has 4 rings (SSSR count). The van der Waals surface area contributed by atoms with Crippen LogP contribution < -0.4 is 10.1 Å². The summed E-state index contributed by atoms with van der Waals surface area (Å²) in [5.41, 5.74) is 1.96. The van der Waals surface area contributed by atoms with Crippen molar-refractivity contribution in [3.05, 3.63) is 89.4 Å². The van der Waals surface area contributed by atoms with E-state index in [9.17, 15) is 24.2 Å². The molecule has 0 radical (unpaired) electrons. The number of aliphatic hydroxyl groups is 2. The van der Waals surface area contributed by atoms with Gasteiger partial charge in [0, 0.05) is 18.5 Å². The minimum Gasteiger partial charge on any atom is -0.481 e. The van der Waals surface area contributed by atoms with E-state index >= 15 is 0 Å². The number of carboxylic acids is 1. The molecule has 4 N–H and O–H groups in total. The first-order chi connectivity index (χ1) is 19.1. The Balaban J connectivity index is 1.60. The molecule has 0 aliphatic heterocycles. The summed E-state index contributed by atoms with van der Waals surface area (Å²) in [6.45, 7) is 3.71. The van der Waals surface area contributed by atoms with E-state index in [1.165, 1.54) is 28.9 Å². The number of carbonyl (C=O) groups excluding carboxylic acids is 1. The zero-order valence-electron chi connectivity index (χ0n) is 22.3. The number of aliphatic hydroxyl groups excluding tert-OH is 2. The van der Waals surface area contributed by atoms with Gasteiger partial charge in [-0.25, -0.2) is 9.07 Å². The van der Waals surface area contributed by atoms with Crippen LogP contribution in [-0.2, 0) is 11.3 Å². The summed E-state index contributed by atoms with van der Waals surface area (Å²) in [7, 11) is 0. The number of halogens is 1. The van der Waals surface area contributed by atoms with Gasteiger partial charge in [-0.1, -0.05) is 50.2 Å². The molecule has 1 aromatic heterocycles. The van der Waals surface area contributed by atoms with Gasteiger partial charge in [-0.3, -0.25) is 9.59 Å². The van der Waals surface area contributed by atoms with E-state index in [4.69, 9.17) is 9.84 Å². The molecule has 40 heavy (non-hydrogen) atoms. The average Bonchev–Trinajstić information content (AvgIpc) is 3.30. The van der Waals surface area contributed by atoms with E-state index in [0.717, 1.165) is 16.3 Å². The lowest BCUT2D eigenvalue weighted by Crippen LogP contribution is -2.26. The smallest absolute Gasteiger partial charge is 0.305 e. The molecule has 0 saturated carbocycles. The van der Waals surface area contributed by atoms with E-state index < -0.39 is 36.3 Å². The number of aromatic nitrogens is 2. The first-order valence-corrected chi connectivity index (χ1v) is 13.0. The Morgan fingerprint density at radius 3 is 2.38 bits per heavy atom. The van der Waals surface area contributed by atoms with Crippen LogP contribution in [0.5, 0.6) is 5.88 Å². The fourth-order valence-corrected chi connectivity index (χ4v) is 4.46. The summed E-state index contributed by atoms with van der Waals surface area (Å²) in [6.07, 6.45) is -3.16. The highest BCUT2D eigenvalue weighted by Gasteiger charge is 2.28. The average molecular weight is 550 g/mol. The molecule has 9 nitrogen and oxygen atoms in total. The van der Waals surface area contributed by atoms with Crippen LogP contribution in [0.25, 0.3) is 16.5 Å². The number of fused-ring (bicyclic) bond motifs is 1. The van der Waals surface area contributed by atoms with Gasteiger partial charge in [0.1, 0.15) is 12.4 Å². The molecule has 0 unspecified atom stereocenters. The molecule has 0 spiro atoms. The van der Waals surface area contributed by atoms with Gasteiger partial charge in [0.05, 0.1) is 24.3 Å². The third-order valence-corrected chi connectivity index (χ3v) is 6.38. The van der Waals surface area contributed by atoms with Gasteiger partial charge >= 0.3 is 5.97 Å². The number of hydrogen-bond acceptors (Lipinski definition) is 6. The minimum absolute atomic E-state index is 0.121. The Bertz CT molecular complexity index is 1480. The van der Waals surface area contributed by atoms with Gasteiger partial charge in [0.15, 0.2) is 5.69 Å². The second-order valence-corrected chi connectivity index (χ2v) is 9.93. The largest absolute Gasteiger partial charge is 0.481 e. The predicted molar refractivity (Wildman–Crippen MR) is 147 cm³/mol. The number of amides is 1. The summed E-state index contributed by atoms with van der Waals surface area (Å²) < 4.78 is 21.0. The van der Waals surface area contributed by atoms with Crippen molar-refractivity contribution < 1.29 is 34.0 Å². The number of carboxylic acid groups (broad SMARTS) is 1. The molecule has 4 aromatic rings. The maximum atomic E-state index is 13.6. The van der Waals surface area contributed by atoms with E-state index in [2.05, 4.69) is 10.4 Å². The van der Waals surface area contributed by atoms with Gasteiger partial charge in [-0.2, -0.15) is 5.10 Å². The standard InChI is InChI=1S/C30H32FN3O6/c1-18(2)27-28(29(39)32-16-19-7-8-20-5-3-4-6-21(20)13-19)33-34(23-11-9-22(31)10-12-23)30(27)40-17-25(36)14-24(35)15-26(37)38/h3-13,18,24-25,35-36H,14-17H2,1-2H3,(H,32,39)(H,37,38)/t24-,25+/m1/s1. The fraction of sp³-hybridized carbons (Fsp3) is 0.300. The van der Waals surface area contributed by atoms with Crippen molar-refractivity contribution in [1.29, 1.82) is 0 Å². The van der Waals surface area contributed by atoms with Crippen molar-refractivity contribution in [2.75, 3.05) is 6.61 Å². The number of nitrogens with zero attached hydrogens (tertiary/aromatic N) is 2. The number of rotatable bonds is 12. The molecule has 0 fully saturated rings. The summed E-state index contributed by atoms with van der Waals surface area (Å²) in [5, 5.41) is 38.7. The number of hydrogen-bond donors (Lipinski definition) is 4. The van der Waals surface area contributed by atoms with Crippen LogP contribution in [0.4, 0.5) is 4.39 Å². The second-order valence-electron chi connectivity index (χ2n) is 9.93. The van der Waals surface area contributed by atoms with Crippen LogP contribution in [0.2, 0.25) is 0 Å². The van der Waals surface area contributed by atoms with Gasteiger partial charge in [-0.05, 0) is 52.6 Å².